The van der Waals surface area contributed by atoms with Crippen LogP contribution in [0.4, 0.5) is 5.82 Å². The van der Waals surface area contributed by atoms with Crippen molar-refractivity contribution in [3.63, 3.8) is 0 Å². The van der Waals surface area contributed by atoms with Gasteiger partial charge < -0.3 is 15.2 Å². The van der Waals surface area contributed by atoms with Crippen molar-refractivity contribution in [2.45, 2.75) is 6.54 Å². The molecule has 0 amide bonds. The standard InChI is InChI=1S/C17H15N3O3/c18-16-15(12-6-7-13-14(8-12)23-10-22-13)17(21)19-20(16)9-11-4-2-1-3-5-11/h1-8H,9-10,18H2,(H,19,21). The Morgan fingerprint density at radius 2 is 1.87 bits per heavy atom. The van der Waals surface area contributed by atoms with Crippen LogP contribution in [0.1, 0.15) is 5.56 Å². The molecule has 3 N–H and O–H groups in total. The van der Waals surface area contributed by atoms with Crippen molar-refractivity contribution in [2.24, 2.45) is 0 Å². The molecule has 6 heteroatoms. The summed E-state index contributed by atoms with van der Waals surface area (Å²) in [6.45, 7) is 0.701. The molecule has 0 saturated heterocycles. The Hall–Kier alpha value is -3.15. The van der Waals surface area contributed by atoms with Gasteiger partial charge in [0, 0.05) is 0 Å². The fraction of sp³-hybridized carbons (Fsp3) is 0.118. The second-order valence-corrected chi connectivity index (χ2v) is 5.34. The van der Waals surface area contributed by atoms with Gasteiger partial charge in [0.1, 0.15) is 5.82 Å². The monoisotopic (exact) mass is 309 g/mol. The van der Waals surface area contributed by atoms with Crippen LogP contribution in [0.5, 0.6) is 11.5 Å². The fourth-order valence-electron chi connectivity index (χ4n) is 2.71. The maximum Gasteiger partial charge on any atom is 0.274 e. The molecule has 23 heavy (non-hydrogen) atoms. The Labute approximate surface area is 132 Å². The zero-order chi connectivity index (χ0) is 15.8. The summed E-state index contributed by atoms with van der Waals surface area (Å²) < 4.78 is 12.3. The molecule has 6 nitrogen and oxygen atoms in total. The molecule has 1 aromatic heterocycles. The fourth-order valence-corrected chi connectivity index (χ4v) is 2.71. The van der Waals surface area contributed by atoms with E-state index in [2.05, 4.69) is 5.10 Å². The average molecular weight is 309 g/mol. The van der Waals surface area contributed by atoms with E-state index in [9.17, 15) is 4.79 Å². The molecule has 0 fully saturated rings. The minimum atomic E-state index is -0.225. The van der Waals surface area contributed by atoms with Gasteiger partial charge in [-0.25, -0.2) is 0 Å². The number of H-pyrrole nitrogens is 1. The van der Waals surface area contributed by atoms with Crippen molar-refractivity contribution in [3.8, 4) is 22.6 Å². The number of hydrogen-bond acceptors (Lipinski definition) is 4. The minimum absolute atomic E-state index is 0.194. The summed E-state index contributed by atoms with van der Waals surface area (Å²) in [5, 5.41) is 2.79. The lowest BCUT2D eigenvalue weighted by molar-refractivity contribution is 0.174. The second kappa shape index (κ2) is 5.24. The Balaban J connectivity index is 1.74. The molecule has 1 aliphatic heterocycles. The molecule has 2 aromatic carbocycles. The van der Waals surface area contributed by atoms with E-state index in [0.29, 0.717) is 35.0 Å². The number of nitrogens with zero attached hydrogens (tertiary/aromatic N) is 1. The van der Waals surface area contributed by atoms with Crippen molar-refractivity contribution in [2.75, 3.05) is 12.5 Å². The molecule has 116 valence electrons. The topological polar surface area (TPSA) is 82.3 Å². The van der Waals surface area contributed by atoms with Gasteiger partial charge in [0.2, 0.25) is 6.79 Å². The van der Waals surface area contributed by atoms with Gasteiger partial charge in [0.25, 0.3) is 5.56 Å². The van der Waals surface area contributed by atoms with Gasteiger partial charge >= 0.3 is 0 Å². The van der Waals surface area contributed by atoms with Gasteiger partial charge in [0.05, 0.1) is 12.1 Å². The molecular formula is C17H15N3O3. The number of nitrogens with two attached hydrogens (primary N) is 1. The molecule has 3 aromatic rings. The van der Waals surface area contributed by atoms with Crippen LogP contribution in [0.3, 0.4) is 0 Å². The predicted molar refractivity (Wildman–Crippen MR) is 86.6 cm³/mol. The minimum Gasteiger partial charge on any atom is -0.454 e. The second-order valence-electron chi connectivity index (χ2n) is 5.34. The van der Waals surface area contributed by atoms with Crippen molar-refractivity contribution in [3.05, 3.63) is 64.4 Å². The largest absolute Gasteiger partial charge is 0.454 e. The highest BCUT2D eigenvalue weighted by molar-refractivity contribution is 5.75. The third-order valence-electron chi connectivity index (χ3n) is 3.86. The maximum atomic E-state index is 12.3. The molecular weight excluding hydrogens is 294 g/mol. The van der Waals surface area contributed by atoms with Crippen molar-refractivity contribution >= 4 is 5.82 Å². The number of aromatic nitrogens is 2. The summed E-state index contributed by atoms with van der Waals surface area (Å²) in [6.07, 6.45) is 0. The third kappa shape index (κ3) is 2.34. The van der Waals surface area contributed by atoms with Gasteiger partial charge in [-0.1, -0.05) is 36.4 Å². The van der Waals surface area contributed by atoms with Crippen LogP contribution in [0.25, 0.3) is 11.1 Å². The van der Waals surface area contributed by atoms with Crippen LogP contribution in [-0.4, -0.2) is 16.6 Å². The summed E-state index contributed by atoms with van der Waals surface area (Å²) in [6, 6.07) is 15.2. The lowest BCUT2D eigenvalue weighted by Crippen LogP contribution is -2.08. The summed E-state index contributed by atoms with van der Waals surface area (Å²) in [7, 11) is 0. The lowest BCUT2D eigenvalue weighted by Gasteiger charge is -2.06. The number of anilines is 1. The normalized spacial score (nSPS) is 12.5. The number of nitrogens with one attached hydrogen (secondary N) is 1. The zero-order valence-corrected chi connectivity index (χ0v) is 12.3. The summed E-state index contributed by atoms with van der Waals surface area (Å²) in [4.78, 5) is 12.3. The Morgan fingerprint density at radius 1 is 1.09 bits per heavy atom. The lowest BCUT2D eigenvalue weighted by atomic mass is 10.1. The number of hydrogen-bond donors (Lipinski definition) is 2. The Bertz CT molecular complexity index is 913. The van der Waals surface area contributed by atoms with Crippen molar-refractivity contribution in [1.29, 1.82) is 0 Å². The van der Waals surface area contributed by atoms with Crippen LogP contribution in [-0.2, 0) is 6.54 Å². The van der Waals surface area contributed by atoms with Gasteiger partial charge in [-0.15, -0.1) is 0 Å². The van der Waals surface area contributed by atoms with Crippen molar-refractivity contribution in [1.82, 2.24) is 9.78 Å². The van der Waals surface area contributed by atoms with E-state index >= 15 is 0 Å². The number of benzene rings is 2. The molecule has 2 heterocycles. The summed E-state index contributed by atoms with van der Waals surface area (Å²) >= 11 is 0. The molecule has 0 atom stereocenters. The number of aromatic amines is 1. The summed E-state index contributed by atoms with van der Waals surface area (Å²) in [5.74, 6) is 1.70. The molecule has 0 spiro atoms. The van der Waals surface area contributed by atoms with Gasteiger partial charge in [0.15, 0.2) is 11.5 Å². The first-order valence-electron chi connectivity index (χ1n) is 7.24. The van der Waals surface area contributed by atoms with E-state index in [-0.39, 0.29) is 12.4 Å². The first-order chi connectivity index (χ1) is 11.2. The maximum absolute atomic E-state index is 12.3. The van der Waals surface area contributed by atoms with Gasteiger partial charge in [-0.3, -0.25) is 14.6 Å². The predicted octanol–water partition coefficient (Wildman–Crippen LogP) is 2.20. The van der Waals surface area contributed by atoms with Crippen LogP contribution in [0.2, 0.25) is 0 Å². The average Bonchev–Trinajstić information content (AvgIpc) is 3.13. The van der Waals surface area contributed by atoms with Crippen LogP contribution >= 0.6 is 0 Å². The SMILES string of the molecule is Nc1c(-c2ccc3c(c2)OCO3)c(=O)[nH]n1Cc1ccccc1. The highest BCUT2D eigenvalue weighted by atomic mass is 16.7. The van der Waals surface area contributed by atoms with Crippen LogP contribution in [0, 0.1) is 0 Å². The highest BCUT2D eigenvalue weighted by Crippen LogP contribution is 2.36. The van der Waals surface area contributed by atoms with E-state index in [1.165, 1.54) is 0 Å². The van der Waals surface area contributed by atoms with Crippen LogP contribution < -0.4 is 20.8 Å². The van der Waals surface area contributed by atoms with Gasteiger partial charge in [-0.05, 0) is 23.3 Å². The van der Waals surface area contributed by atoms with Gasteiger partial charge in [-0.2, -0.15) is 0 Å². The van der Waals surface area contributed by atoms with Crippen LogP contribution in [0.15, 0.2) is 53.3 Å². The quantitative estimate of drug-likeness (QED) is 0.777. The number of nitrogen functional groups attached to an aromatic ring is 1. The third-order valence-corrected chi connectivity index (χ3v) is 3.86. The zero-order valence-electron chi connectivity index (χ0n) is 12.3. The molecule has 0 radical (unpaired) electrons. The highest BCUT2D eigenvalue weighted by Gasteiger charge is 2.19. The molecule has 0 bridgehead atoms. The van der Waals surface area contributed by atoms with Crippen molar-refractivity contribution < 1.29 is 9.47 Å². The van der Waals surface area contributed by atoms with E-state index in [4.69, 9.17) is 15.2 Å². The van der Waals surface area contributed by atoms with E-state index in [1.807, 2.05) is 30.3 Å². The Morgan fingerprint density at radius 3 is 2.70 bits per heavy atom. The number of ether oxygens (including phenoxy) is 2. The first kappa shape index (κ1) is 13.5. The van der Waals surface area contributed by atoms with E-state index < -0.39 is 0 Å². The molecule has 0 aliphatic carbocycles. The smallest absolute Gasteiger partial charge is 0.274 e. The van der Waals surface area contributed by atoms with E-state index in [0.717, 1.165) is 5.56 Å². The van der Waals surface area contributed by atoms with E-state index in [1.54, 1.807) is 22.9 Å². The molecule has 1 aliphatic rings. The number of rotatable bonds is 3. The number of fused-ring (bicyclic) bond motifs is 1. The summed E-state index contributed by atoms with van der Waals surface area (Å²) in [5.41, 5.74) is 8.17. The Kier molecular flexibility index (Phi) is 3.08. The molecule has 0 saturated carbocycles. The first-order valence-corrected chi connectivity index (χ1v) is 7.24. The molecule has 0 unspecified atom stereocenters. The molecule has 4 rings (SSSR count).